The van der Waals surface area contributed by atoms with Crippen LogP contribution in [0.25, 0.3) is 0 Å². The quantitative estimate of drug-likeness (QED) is 0.805. The molecule has 0 aliphatic carbocycles. The fourth-order valence-corrected chi connectivity index (χ4v) is 1.46. The fourth-order valence-electron chi connectivity index (χ4n) is 1.46. The van der Waals surface area contributed by atoms with Crippen LogP contribution in [-0.2, 0) is 16.1 Å². The van der Waals surface area contributed by atoms with Gasteiger partial charge in [-0.3, -0.25) is 4.79 Å². The second-order valence-corrected chi connectivity index (χ2v) is 5.63. The molecular formula is C15H22FNO2. The van der Waals surface area contributed by atoms with Crippen LogP contribution in [0, 0.1) is 11.7 Å². The van der Waals surface area contributed by atoms with Crippen LogP contribution >= 0.6 is 0 Å². The van der Waals surface area contributed by atoms with Gasteiger partial charge in [-0.15, -0.1) is 0 Å². The zero-order chi connectivity index (χ0) is 14.5. The van der Waals surface area contributed by atoms with Crippen LogP contribution in [0.2, 0.25) is 0 Å². The minimum absolute atomic E-state index is 0.126. The third kappa shape index (κ3) is 5.83. The molecule has 0 fully saturated rings. The van der Waals surface area contributed by atoms with E-state index in [1.807, 2.05) is 19.9 Å². The first-order chi connectivity index (χ1) is 8.80. The van der Waals surface area contributed by atoms with Gasteiger partial charge in [0, 0.05) is 12.1 Å². The minimum Gasteiger partial charge on any atom is -0.464 e. The van der Waals surface area contributed by atoms with E-state index < -0.39 is 0 Å². The number of benzene rings is 1. The summed E-state index contributed by atoms with van der Waals surface area (Å²) in [6, 6.07) is 6.44. The lowest BCUT2D eigenvalue weighted by Crippen LogP contribution is -2.44. The molecule has 0 unspecified atom stereocenters. The molecule has 0 saturated heterocycles. The number of rotatable bonds is 6. The van der Waals surface area contributed by atoms with E-state index in [0.717, 1.165) is 5.56 Å². The topological polar surface area (TPSA) is 38.3 Å². The molecule has 19 heavy (non-hydrogen) atoms. The molecule has 1 aromatic rings. The SMILES string of the molecule is CC(C)C(=O)OCC(C)(C)NCc1cccc(F)c1. The smallest absolute Gasteiger partial charge is 0.308 e. The summed E-state index contributed by atoms with van der Waals surface area (Å²) in [7, 11) is 0. The number of halogens is 1. The van der Waals surface area contributed by atoms with E-state index in [9.17, 15) is 9.18 Å². The summed E-state index contributed by atoms with van der Waals surface area (Å²) < 4.78 is 18.2. The van der Waals surface area contributed by atoms with Crippen molar-refractivity contribution in [3.8, 4) is 0 Å². The molecule has 1 N–H and O–H groups in total. The molecule has 0 bridgehead atoms. The first-order valence-corrected chi connectivity index (χ1v) is 6.46. The summed E-state index contributed by atoms with van der Waals surface area (Å²) in [5.74, 6) is -0.581. The van der Waals surface area contributed by atoms with Gasteiger partial charge in [0.25, 0.3) is 0 Å². The molecule has 4 heteroatoms. The highest BCUT2D eigenvalue weighted by atomic mass is 19.1. The molecule has 0 heterocycles. The summed E-state index contributed by atoms with van der Waals surface area (Å²) in [5.41, 5.74) is 0.514. The second kappa shape index (κ2) is 6.66. The largest absolute Gasteiger partial charge is 0.464 e. The number of carbonyl (C=O) groups excluding carboxylic acids is 1. The van der Waals surface area contributed by atoms with E-state index >= 15 is 0 Å². The third-order valence-electron chi connectivity index (χ3n) is 2.71. The molecule has 0 atom stereocenters. The monoisotopic (exact) mass is 267 g/mol. The number of carbonyl (C=O) groups is 1. The Morgan fingerprint density at radius 3 is 2.68 bits per heavy atom. The standard InChI is InChI=1S/C15H22FNO2/c1-11(2)14(18)19-10-15(3,4)17-9-12-6-5-7-13(16)8-12/h5-8,11,17H,9-10H2,1-4H3. The Morgan fingerprint density at radius 2 is 2.11 bits per heavy atom. The summed E-state index contributed by atoms with van der Waals surface area (Å²) in [6.07, 6.45) is 0. The Morgan fingerprint density at radius 1 is 1.42 bits per heavy atom. The molecule has 1 aromatic carbocycles. The maximum atomic E-state index is 13.0. The normalized spacial score (nSPS) is 11.7. The highest BCUT2D eigenvalue weighted by Crippen LogP contribution is 2.09. The Balaban J connectivity index is 2.44. The number of nitrogens with one attached hydrogen (secondary N) is 1. The first-order valence-electron chi connectivity index (χ1n) is 6.46. The fraction of sp³-hybridized carbons (Fsp3) is 0.533. The average Bonchev–Trinajstić information content (AvgIpc) is 2.34. The number of esters is 1. The minimum atomic E-state index is -0.350. The average molecular weight is 267 g/mol. The van der Waals surface area contributed by atoms with Crippen molar-refractivity contribution in [1.29, 1.82) is 0 Å². The Hall–Kier alpha value is -1.42. The number of hydrogen-bond donors (Lipinski definition) is 1. The first kappa shape index (κ1) is 15.6. The molecule has 3 nitrogen and oxygen atoms in total. The zero-order valence-electron chi connectivity index (χ0n) is 12.0. The van der Waals surface area contributed by atoms with Crippen LogP contribution in [0.1, 0.15) is 33.3 Å². The molecule has 0 spiro atoms. The van der Waals surface area contributed by atoms with Crippen LogP contribution in [0.4, 0.5) is 4.39 Å². The van der Waals surface area contributed by atoms with Crippen molar-refractivity contribution < 1.29 is 13.9 Å². The molecular weight excluding hydrogens is 245 g/mol. The summed E-state index contributed by atoms with van der Waals surface area (Å²) in [4.78, 5) is 11.4. The Kier molecular flexibility index (Phi) is 5.48. The van der Waals surface area contributed by atoms with Gasteiger partial charge in [0.1, 0.15) is 12.4 Å². The maximum absolute atomic E-state index is 13.0. The van der Waals surface area contributed by atoms with Crippen molar-refractivity contribution in [2.45, 2.75) is 39.8 Å². The highest BCUT2D eigenvalue weighted by Gasteiger charge is 2.20. The second-order valence-electron chi connectivity index (χ2n) is 5.63. The van der Waals surface area contributed by atoms with Gasteiger partial charge >= 0.3 is 5.97 Å². The van der Waals surface area contributed by atoms with E-state index in [2.05, 4.69) is 5.32 Å². The molecule has 0 saturated carbocycles. The predicted molar refractivity (Wildman–Crippen MR) is 73.1 cm³/mol. The van der Waals surface area contributed by atoms with Crippen LogP contribution in [-0.4, -0.2) is 18.1 Å². The predicted octanol–water partition coefficient (Wildman–Crippen LogP) is 2.89. The molecule has 0 aliphatic rings. The Bertz CT molecular complexity index is 430. The number of hydrogen-bond acceptors (Lipinski definition) is 3. The van der Waals surface area contributed by atoms with E-state index in [4.69, 9.17) is 4.74 Å². The van der Waals surface area contributed by atoms with E-state index in [1.54, 1.807) is 19.9 Å². The molecule has 106 valence electrons. The van der Waals surface area contributed by atoms with Gasteiger partial charge in [-0.1, -0.05) is 26.0 Å². The lowest BCUT2D eigenvalue weighted by Gasteiger charge is -2.26. The van der Waals surface area contributed by atoms with E-state index in [-0.39, 0.29) is 23.2 Å². The molecule has 1 rings (SSSR count). The molecule has 0 radical (unpaired) electrons. The van der Waals surface area contributed by atoms with Gasteiger partial charge in [0.15, 0.2) is 0 Å². The Labute approximate surface area is 114 Å². The summed E-state index contributed by atoms with van der Waals surface area (Å²) >= 11 is 0. The summed E-state index contributed by atoms with van der Waals surface area (Å²) in [5, 5.41) is 3.25. The lowest BCUT2D eigenvalue weighted by molar-refractivity contribution is -0.149. The molecule has 0 amide bonds. The maximum Gasteiger partial charge on any atom is 0.308 e. The van der Waals surface area contributed by atoms with Crippen LogP contribution in [0.3, 0.4) is 0 Å². The van der Waals surface area contributed by atoms with Gasteiger partial charge < -0.3 is 10.1 Å². The van der Waals surface area contributed by atoms with Gasteiger partial charge in [-0.25, -0.2) is 4.39 Å². The molecule has 0 aromatic heterocycles. The van der Waals surface area contributed by atoms with E-state index in [1.165, 1.54) is 12.1 Å². The van der Waals surface area contributed by atoms with E-state index in [0.29, 0.717) is 13.2 Å². The lowest BCUT2D eigenvalue weighted by atomic mass is 10.1. The van der Waals surface area contributed by atoms with Crippen molar-refractivity contribution in [3.05, 3.63) is 35.6 Å². The third-order valence-corrected chi connectivity index (χ3v) is 2.71. The van der Waals surface area contributed by atoms with Crippen LogP contribution in [0.5, 0.6) is 0 Å². The molecule has 0 aliphatic heterocycles. The highest BCUT2D eigenvalue weighted by molar-refractivity contribution is 5.71. The van der Waals surface area contributed by atoms with Crippen LogP contribution in [0.15, 0.2) is 24.3 Å². The van der Waals surface area contributed by atoms with Gasteiger partial charge in [0.05, 0.1) is 5.92 Å². The zero-order valence-corrected chi connectivity index (χ0v) is 12.0. The van der Waals surface area contributed by atoms with Crippen molar-refractivity contribution in [3.63, 3.8) is 0 Å². The van der Waals surface area contributed by atoms with Crippen molar-refractivity contribution in [1.82, 2.24) is 5.32 Å². The van der Waals surface area contributed by atoms with Crippen molar-refractivity contribution in [2.24, 2.45) is 5.92 Å². The van der Waals surface area contributed by atoms with Crippen molar-refractivity contribution in [2.75, 3.05) is 6.61 Å². The number of ether oxygens (including phenoxy) is 1. The van der Waals surface area contributed by atoms with Gasteiger partial charge in [-0.2, -0.15) is 0 Å². The summed E-state index contributed by atoms with van der Waals surface area (Å²) in [6.45, 7) is 8.31. The van der Waals surface area contributed by atoms with Gasteiger partial charge in [0.2, 0.25) is 0 Å². The van der Waals surface area contributed by atoms with Crippen molar-refractivity contribution >= 4 is 5.97 Å². The van der Waals surface area contributed by atoms with Gasteiger partial charge in [-0.05, 0) is 31.5 Å². The van der Waals surface area contributed by atoms with Crippen LogP contribution < -0.4 is 5.32 Å².